The molecule has 2 N–H and O–H groups in total. The van der Waals surface area contributed by atoms with Crippen molar-refractivity contribution in [2.24, 2.45) is 10.9 Å². The molecule has 3 rings (SSSR count). The number of nitrogens with one attached hydrogen (secondary N) is 2. The van der Waals surface area contributed by atoms with E-state index in [0.29, 0.717) is 0 Å². The highest BCUT2D eigenvalue weighted by molar-refractivity contribution is 5.79. The lowest BCUT2D eigenvalue weighted by molar-refractivity contribution is 0.123. The maximum absolute atomic E-state index is 5.66. The predicted molar refractivity (Wildman–Crippen MR) is 107 cm³/mol. The lowest BCUT2D eigenvalue weighted by Gasteiger charge is -2.28. The predicted octanol–water partition coefficient (Wildman–Crippen LogP) is 2.55. The van der Waals surface area contributed by atoms with Gasteiger partial charge in [-0.1, -0.05) is 0 Å². The normalized spacial score (nSPS) is 18.0. The Bertz CT molecular complexity index is 567. The number of ether oxygens (including phenoxy) is 1. The number of piperidine rings is 1. The number of aliphatic imine (C=N–C) groups is 1. The molecule has 0 atom stereocenters. The second-order valence-corrected chi connectivity index (χ2v) is 7.29. The second kappa shape index (κ2) is 10.4. The van der Waals surface area contributed by atoms with E-state index >= 15 is 0 Å². The van der Waals surface area contributed by atoms with Crippen LogP contribution in [0.1, 0.15) is 44.1 Å². The van der Waals surface area contributed by atoms with E-state index < -0.39 is 0 Å². The monoisotopic (exact) mass is 359 g/mol. The lowest BCUT2D eigenvalue weighted by atomic mass is 10.1. The third-order valence-electron chi connectivity index (χ3n) is 4.98. The topological polar surface area (TPSA) is 61.8 Å². The van der Waals surface area contributed by atoms with Gasteiger partial charge < -0.3 is 20.3 Å². The summed E-state index contributed by atoms with van der Waals surface area (Å²) in [6, 6.07) is 4.26. The van der Waals surface area contributed by atoms with Crippen molar-refractivity contribution in [2.75, 3.05) is 44.8 Å². The highest BCUT2D eigenvalue weighted by atomic mass is 16.5. The Kier molecular flexibility index (Phi) is 7.55. The van der Waals surface area contributed by atoms with Crippen LogP contribution in [0.25, 0.3) is 0 Å². The summed E-state index contributed by atoms with van der Waals surface area (Å²) in [5, 5.41) is 6.74. The van der Waals surface area contributed by atoms with Gasteiger partial charge in [0, 0.05) is 52.6 Å². The van der Waals surface area contributed by atoms with Gasteiger partial charge in [0.2, 0.25) is 0 Å². The highest BCUT2D eigenvalue weighted by Gasteiger charge is 2.20. The van der Waals surface area contributed by atoms with Crippen molar-refractivity contribution in [3.05, 3.63) is 23.9 Å². The number of hydrogen-bond donors (Lipinski definition) is 2. The minimum absolute atomic E-state index is 0.751. The first-order chi connectivity index (χ1) is 12.8. The number of pyridine rings is 1. The van der Waals surface area contributed by atoms with Gasteiger partial charge in [-0.2, -0.15) is 0 Å². The van der Waals surface area contributed by atoms with Gasteiger partial charge in [-0.15, -0.1) is 0 Å². The van der Waals surface area contributed by atoms with E-state index in [2.05, 4.69) is 37.6 Å². The van der Waals surface area contributed by atoms with E-state index in [0.717, 1.165) is 63.5 Å². The smallest absolute Gasteiger partial charge is 0.191 e. The zero-order valence-corrected chi connectivity index (χ0v) is 16.0. The zero-order valence-electron chi connectivity index (χ0n) is 16.0. The van der Waals surface area contributed by atoms with Gasteiger partial charge in [-0.3, -0.25) is 4.99 Å². The van der Waals surface area contributed by atoms with Crippen molar-refractivity contribution in [3.8, 4) is 0 Å². The molecule has 0 radical (unpaired) electrons. The number of anilines is 1. The Morgan fingerprint density at radius 2 is 2.12 bits per heavy atom. The summed E-state index contributed by atoms with van der Waals surface area (Å²) >= 11 is 0. The Morgan fingerprint density at radius 1 is 1.27 bits per heavy atom. The van der Waals surface area contributed by atoms with Gasteiger partial charge in [0.05, 0.1) is 0 Å². The van der Waals surface area contributed by atoms with Gasteiger partial charge in [0.15, 0.2) is 5.96 Å². The fourth-order valence-electron chi connectivity index (χ4n) is 3.19. The molecule has 1 aromatic rings. The van der Waals surface area contributed by atoms with Crippen molar-refractivity contribution in [3.63, 3.8) is 0 Å². The van der Waals surface area contributed by atoms with Crippen molar-refractivity contribution in [1.82, 2.24) is 15.6 Å². The van der Waals surface area contributed by atoms with Crippen LogP contribution in [-0.2, 0) is 11.3 Å². The summed E-state index contributed by atoms with van der Waals surface area (Å²) in [6.07, 6.45) is 9.49. The summed E-state index contributed by atoms with van der Waals surface area (Å²) in [7, 11) is 1.81. The van der Waals surface area contributed by atoms with E-state index in [1.165, 1.54) is 37.7 Å². The third kappa shape index (κ3) is 6.48. The Hall–Kier alpha value is -1.82. The van der Waals surface area contributed by atoms with E-state index in [9.17, 15) is 0 Å². The van der Waals surface area contributed by atoms with Gasteiger partial charge in [0.1, 0.15) is 5.82 Å². The summed E-state index contributed by atoms with van der Waals surface area (Å²) in [5.74, 6) is 2.77. The average Bonchev–Trinajstić information content (AvgIpc) is 3.52. The highest BCUT2D eigenvalue weighted by Crippen LogP contribution is 2.28. The van der Waals surface area contributed by atoms with E-state index in [4.69, 9.17) is 4.74 Å². The zero-order chi connectivity index (χ0) is 18.0. The van der Waals surface area contributed by atoms with Gasteiger partial charge in [0.25, 0.3) is 0 Å². The maximum Gasteiger partial charge on any atom is 0.191 e. The van der Waals surface area contributed by atoms with E-state index in [1.807, 2.05) is 13.2 Å². The fourth-order valence-corrected chi connectivity index (χ4v) is 3.19. The van der Waals surface area contributed by atoms with Crippen molar-refractivity contribution >= 4 is 11.8 Å². The van der Waals surface area contributed by atoms with Crippen LogP contribution in [-0.4, -0.2) is 50.8 Å². The molecule has 26 heavy (non-hydrogen) atoms. The summed E-state index contributed by atoms with van der Waals surface area (Å²) in [5.41, 5.74) is 1.23. The molecule has 1 aromatic heterocycles. The minimum atomic E-state index is 0.751. The molecular weight excluding hydrogens is 326 g/mol. The number of rotatable bonds is 9. The standard InChI is InChI=1S/C20H33N5O/c1-21-20(23-9-5-13-26-16-17-6-7-17)24-15-18-8-10-22-19(14-18)25-11-3-2-4-12-25/h8,10,14,17H,2-7,9,11-13,15-16H2,1H3,(H2,21,23,24). The van der Waals surface area contributed by atoms with Crippen LogP contribution in [0.15, 0.2) is 23.3 Å². The largest absolute Gasteiger partial charge is 0.381 e. The third-order valence-corrected chi connectivity index (χ3v) is 4.98. The fraction of sp³-hybridized carbons (Fsp3) is 0.700. The molecule has 6 heteroatoms. The summed E-state index contributed by atoms with van der Waals surface area (Å²) < 4.78 is 5.66. The number of aromatic nitrogens is 1. The van der Waals surface area contributed by atoms with Gasteiger partial charge in [-0.05, 0) is 62.1 Å². The first-order valence-corrected chi connectivity index (χ1v) is 10.1. The molecule has 6 nitrogen and oxygen atoms in total. The average molecular weight is 360 g/mol. The van der Waals surface area contributed by atoms with Crippen LogP contribution in [0.5, 0.6) is 0 Å². The van der Waals surface area contributed by atoms with Gasteiger partial charge >= 0.3 is 0 Å². The summed E-state index contributed by atoms with van der Waals surface area (Å²) in [6.45, 7) is 5.63. The van der Waals surface area contributed by atoms with E-state index in [-0.39, 0.29) is 0 Å². The van der Waals surface area contributed by atoms with Crippen molar-refractivity contribution < 1.29 is 4.74 Å². The Labute approximate surface area is 157 Å². The van der Waals surface area contributed by atoms with Crippen LogP contribution >= 0.6 is 0 Å². The molecule has 0 unspecified atom stereocenters. The molecule has 1 aliphatic carbocycles. The molecule has 1 aliphatic heterocycles. The molecule has 0 spiro atoms. The quantitative estimate of drug-likeness (QED) is 0.403. The molecule has 1 saturated heterocycles. The number of nitrogens with zero attached hydrogens (tertiary/aromatic N) is 3. The van der Waals surface area contributed by atoms with Crippen molar-refractivity contribution in [2.45, 2.75) is 45.1 Å². The van der Waals surface area contributed by atoms with Crippen molar-refractivity contribution in [1.29, 1.82) is 0 Å². The first-order valence-electron chi connectivity index (χ1n) is 10.1. The minimum Gasteiger partial charge on any atom is -0.381 e. The molecular formula is C20H33N5O. The van der Waals surface area contributed by atoms with Crippen LogP contribution in [0.4, 0.5) is 5.82 Å². The van der Waals surface area contributed by atoms with Crippen LogP contribution < -0.4 is 15.5 Å². The second-order valence-electron chi connectivity index (χ2n) is 7.29. The van der Waals surface area contributed by atoms with Crippen LogP contribution in [0, 0.1) is 5.92 Å². The van der Waals surface area contributed by atoms with E-state index in [1.54, 1.807) is 0 Å². The van der Waals surface area contributed by atoms with Crippen LogP contribution in [0.3, 0.4) is 0 Å². The molecule has 2 heterocycles. The number of guanidine groups is 1. The SMILES string of the molecule is CN=C(NCCCOCC1CC1)NCc1ccnc(N2CCCCC2)c1. The van der Waals surface area contributed by atoms with Gasteiger partial charge in [-0.25, -0.2) is 4.98 Å². The Balaban J connectivity index is 1.36. The number of hydrogen-bond acceptors (Lipinski definition) is 4. The maximum atomic E-state index is 5.66. The molecule has 2 aliphatic rings. The lowest BCUT2D eigenvalue weighted by Crippen LogP contribution is -2.37. The molecule has 144 valence electrons. The van der Waals surface area contributed by atoms with Crippen LogP contribution in [0.2, 0.25) is 0 Å². The first kappa shape index (κ1) is 19.0. The molecule has 0 amide bonds. The molecule has 0 aromatic carbocycles. The summed E-state index contributed by atoms with van der Waals surface area (Å²) in [4.78, 5) is 11.2. The Morgan fingerprint density at radius 3 is 2.88 bits per heavy atom. The molecule has 1 saturated carbocycles. The molecule has 2 fully saturated rings. The molecule has 0 bridgehead atoms.